The highest BCUT2D eigenvalue weighted by Gasteiger charge is 2.15. The molecule has 0 spiro atoms. The second-order valence-electron chi connectivity index (χ2n) is 7.44. The van der Waals surface area contributed by atoms with Gasteiger partial charge in [0.05, 0.1) is 12.9 Å². The lowest BCUT2D eigenvalue weighted by Gasteiger charge is -2.11. The summed E-state index contributed by atoms with van der Waals surface area (Å²) in [4.78, 5) is 12.4. The molecule has 2 aromatic carbocycles. The van der Waals surface area contributed by atoms with Crippen molar-refractivity contribution < 1.29 is 9.53 Å². The molecule has 1 aromatic heterocycles. The van der Waals surface area contributed by atoms with Crippen LogP contribution in [0.1, 0.15) is 38.2 Å². The molecule has 6 nitrogen and oxygen atoms in total. The smallest absolute Gasteiger partial charge is 0.230 e. The molecule has 0 atom stereocenters. The molecule has 0 aliphatic heterocycles. The monoisotopic (exact) mass is 472 g/mol. The van der Waals surface area contributed by atoms with Gasteiger partial charge in [0.15, 0.2) is 11.0 Å². The van der Waals surface area contributed by atoms with Crippen molar-refractivity contribution >= 4 is 29.3 Å². The lowest BCUT2D eigenvalue weighted by atomic mass is 10.2. The zero-order chi connectivity index (χ0) is 22.8. The molecule has 1 heterocycles. The molecule has 3 aromatic rings. The van der Waals surface area contributed by atoms with E-state index in [-0.39, 0.29) is 11.7 Å². The second-order valence-corrected chi connectivity index (χ2v) is 8.82. The molecule has 0 aliphatic rings. The van der Waals surface area contributed by atoms with Crippen LogP contribution >= 0.6 is 23.4 Å². The molecule has 1 N–H and O–H groups in total. The number of carbonyl (C=O) groups is 1. The van der Waals surface area contributed by atoms with Gasteiger partial charge in [-0.3, -0.25) is 4.79 Å². The number of nitrogens with zero attached hydrogens (tertiary/aromatic N) is 3. The Morgan fingerprint density at radius 3 is 2.69 bits per heavy atom. The molecular formula is C24H29ClN4O2S. The van der Waals surface area contributed by atoms with Crippen LogP contribution in [0.4, 0.5) is 0 Å². The first-order valence-electron chi connectivity index (χ1n) is 10.8. The normalized spacial score (nSPS) is 10.8. The van der Waals surface area contributed by atoms with Gasteiger partial charge in [-0.15, -0.1) is 10.2 Å². The van der Waals surface area contributed by atoms with E-state index >= 15 is 0 Å². The van der Waals surface area contributed by atoms with Gasteiger partial charge in [0.1, 0.15) is 5.75 Å². The first-order valence-corrected chi connectivity index (χ1v) is 12.2. The molecule has 0 unspecified atom stereocenters. The topological polar surface area (TPSA) is 69.0 Å². The number of amides is 1. The van der Waals surface area contributed by atoms with E-state index in [1.165, 1.54) is 24.6 Å². The summed E-state index contributed by atoms with van der Waals surface area (Å²) >= 11 is 7.45. The minimum Gasteiger partial charge on any atom is -0.497 e. The van der Waals surface area contributed by atoms with E-state index in [0.29, 0.717) is 11.6 Å². The summed E-state index contributed by atoms with van der Waals surface area (Å²) in [6, 6.07) is 15.3. The summed E-state index contributed by atoms with van der Waals surface area (Å²) < 4.78 is 7.34. The molecule has 8 heteroatoms. The fourth-order valence-electron chi connectivity index (χ4n) is 3.27. The predicted molar refractivity (Wildman–Crippen MR) is 130 cm³/mol. The Balaban J connectivity index is 1.63. The molecule has 0 radical (unpaired) electrons. The SMILES string of the molecule is CCCCCCn1c(SCC(=O)NCc2cccc(OC)c2)nnc1-c1ccc(Cl)cc1. The van der Waals surface area contributed by atoms with Crippen LogP contribution in [0.5, 0.6) is 5.75 Å². The maximum absolute atomic E-state index is 12.4. The van der Waals surface area contributed by atoms with Crippen LogP contribution in [-0.4, -0.2) is 33.5 Å². The van der Waals surface area contributed by atoms with Crippen molar-refractivity contribution in [3.05, 3.63) is 59.1 Å². The van der Waals surface area contributed by atoms with Gasteiger partial charge in [-0.25, -0.2) is 0 Å². The number of aromatic nitrogens is 3. The summed E-state index contributed by atoms with van der Waals surface area (Å²) in [7, 11) is 1.63. The van der Waals surface area contributed by atoms with Gasteiger partial charge in [-0.05, 0) is 48.4 Å². The Bertz CT molecular complexity index is 1010. The Labute approximate surface area is 198 Å². The Hall–Kier alpha value is -2.51. The molecular weight excluding hydrogens is 444 g/mol. The summed E-state index contributed by atoms with van der Waals surface area (Å²) in [6.07, 6.45) is 4.58. The van der Waals surface area contributed by atoms with Crippen molar-refractivity contribution in [1.29, 1.82) is 0 Å². The van der Waals surface area contributed by atoms with E-state index in [9.17, 15) is 4.79 Å². The van der Waals surface area contributed by atoms with Gasteiger partial charge < -0.3 is 14.6 Å². The average Bonchev–Trinajstić information content (AvgIpc) is 3.22. The summed E-state index contributed by atoms with van der Waals surface area (Å²) in [5, 5.41) is 13.2. The number of thioether (sulfide) groups is 1. The molecule has 0 aliphatic carbocycles. The standard InChI is InChI=1S/C24H29ClN4O2S/c1-3-4-5-6-14-29-23(19-10-12-20(25)13-11-19)27-28-24(29)32-17-22(30)26-16-18-8-7-9-21(15-18)31-2/h7-13,15H,3-6,14,16-17H2,1-2H3,(H,26,30). The van der Waals surface area contributed by atoms with E-state index in [4.69, 9.17) is 16.3 Å². The minimum absolute atomic E-state index is 0.0496. The third-order valence-electron chi connectivity index (χ3n) is 5.01. The third-order valence-corrected chi connectivity index (χ3v) is 6.23. The molecule has 170 valence electrons. The Morgan fingerprint density at radius 1 is 1.12 bits per heavy atom. The highest BCUT2D eigenvalue weighted by molar-refractivity contribution is 7.99. The number of unbranched alkanes of at least 4 members (excludes halogenated alkanes) is 3. The van der Waals surface area contributed by atoms with Crippen molar-refractivity contribution in [2.45, 2.75) is 50.9 Å². The van der Waals surface area contributed by atoms with Crippen LogP contribution in [-0.2, 0) is 17.9 Å². The highest BCUT2D eigenvalue weighted by atomic mass is 35.5. The van der Waals surface area contributed by atoms with Crippen LogP contribution in [0.15, 0.2) is 53.7 Å². The summed E-state index contributed by atoms with van der Waals surface area (Å²) in [5.41, 5.74) is 1.96. The zero-order valence-corrected chi connectivity index (χ0v) is 20.1. The van der Waals surface area contributed by atoms with Gasteiger partial charge in [-0.2, -0.15) is 0 Å². The summed E-state index contributed by atoms with van der Waals surface area (Å²) in [6.45, 7) is 3.47. The van der Waals surface area contributed by atoms with Gasteiger partial charge in [0, 0.05) is 23.7 Å². The maximum Gasteiger partial charge on any atom is 0.230 e. The number of hydrogen-bond acceptors (Lipinski definition) is 5. The number of carbonyl (C=O) groups excluding carboxylic acids is 1. The van der Waals surface area contributed by atoms with Gasteiger partial charge in [-0.1, -0.05) is 61.7 Å². The molecule has 0 fully saturated rings. The number of nitrogens with one attached hydrogen (secondary N) is 1. The molecule has 0 bridgehead atoms. The maximum atomic E-state index is 12.4. The number of benzene rings is 2. The highest BCUT2D eigenvalue weighted by Crippen LogP contribution is 2.26. The predicted octanol–water partition coefficient (Wildman–Crippen LogP) is 5.60. The van der Waals surface area contributed by atoms with Crippen LogP contribution in [0.2, 0.25) is 5.02 Å². The Kier molecular flexibility index (Phi) is 9.43. The van der Waals surface area contributed by atoms with Crippen molar-refractivity contribution in [1.82, 2.24) is 20.1 Å². The van der Waals surface area contributed by atoms with E-state index in [1.54, 1.807) is 7.11 Å². The van der Waals surface area contributed by atoms with Gasteiger partial charge in [0.25, 0.3) is 0 Å². The minimum atomic E-state index is -0.0496. The van der Waals surface area contributed by atoms with Crippen LogP contribution < -0.4 is 10.1 Å². The molecule has 1 amide bonds. The first-order chi connectivity index (χ1) is 15.6. The first kappa shape index (κ1) is 24.1. The van der Waals surface area contributed by atoms with Gasteiger partial charge in [0.2, 0.25) is 5.91 Å². The summed E-state index contributed by atoms with van der Waals surface area (Å²) in [5.74, 6) is 1.80. The van der Waals surface area contributed by atoms with E-state index in [0.717, 1.165) is 47.2 Å². The number of halogens is 1. The van der Waals surface area contributed by atoms with E-state index in [2.05, 4.69) is 27.0 Å². The molecule has 0 saturated heterocycles. The largest absolute Gasteiger partial charge is 0.497 e. The van der Waals surface area contributed by atoms with Crippen LogP contribution in [0, 0.1) is 0 Å². The quantitative estimate of drug-likeness (QED) is 0.274. The van der Waals surface area contributed by atoms with Crippen molar-refractivity contribution in [2.75, 3.05) is 12.9 Å². The molecule has 3 rings (SSSR count). The van der Waals surface area contributed by atoms with Crippen molar-refractivity contribution in [2.24, 2.45) is 0 Å². The van der Waals surface area contributed by atoms with Crippen molar-refractivity contribution in [3.63, 3.8) is 0 Å². The Morgan fingerprint density at radius 2 is 1.94 bits per heavy atom. The second kappa shape index (κ2) is 12.5. The molecule has 32 heavy (non-hydrogen) atoms. The lowest BCUT2D eigenvalue weighted by molar-refractivity contribution is -0.118. The lowest BCUT2D eigenvalue weighted by Crippen LogP contribution is -2.24. The zero-order valence-electron chi connectivity index (χ0n) is 18.5. The third kappa shape index (κ3) is 7.00. The van der Waals surface area contributed by atoms with Crippen molar-refractivity contribution in [3.8, 4) is 17.1 Å². The van der Waals surface area contributed by atoms with Crippen LogP contribution in [0.25, 0.3) is 11.4 Å². The number of rotatable bonds is 12. The van der Waals surface area contributed by atoms with Gasteiger partial charge >= 0.3 is 0 Å². The van der Waals surface area contributed by atoms with E-state index < -0.39 is 0 Å². The number of ether oxygens (including phenoxy) is 1. The van der Waals surface area contributed by atoms with E-state index in [1.807, 2.05) is 48.5 Å². The fourth-order valence-corrected chi connectivity index (χ4v) is 4.19. The number of hydrogen-bond donors (Lipinski definition) is 1. The average molecular weight is 473 g/mol. The number of methoxy groups -OCH3 is 1. The fraction of sp³-hybridized carbons (Fsp3) is 0.375. The molecule has 0 saturated carbocycles. The van der Waals surface area contributed by atoms with Crippen LogP contribution in [0.3, 0.4) is 0 Å².